The molecule has 5 nitrogen and oxygen atoms in total. The van der Waals surface area contributed by atoms with Gasteiger partial charge in [0.1, 0.15) is 18.4 Å². The lowest BCUT2D eigenvalue weighted by molar-refractivity contribution is -0.139. The largest absolute Gasteiger partial charge is 0.489 e. The number of amides is 1. The molecule has 0 spiro atoms. The number of carbonyl (C=O) groups excluding carboxylic acids is 1. The van der Waals surface area contributed by atoms with Crippen LogP contribution in [0.5, 0.6) is 5.75 Å². The topological polar surface area (TPSA) is 75.6 Å². The van der Waals surface area contributed by atoms with Gasteiger partial charge in [0.15, 0.2) is 0 Å². The second kappa shape index (κ2) is 10.5. The summed E-state index contributed by atoms with van der Waals surface area (Å²) in [6.45, 7) is 0.412. The second-order valence-corrected chi connectivity index (χ2v) is 8.26. The second-order valence-electron chi connectivity index (χ2n) is 8.26. The van der Waals surface area contributed by atoms with Gasteiger partial charge in [0.25, 0.3) is 5.91 Å². The van der Waals surface area contributed by atoms with E-state index >= 15 is 0 Å². The maximum atomic E-state index is 13.0. The zero-order valence-electron chi connectivity index (χ0n) is 19.0. The van der Waals surface area contributed by atoms with Crippen molar-refractivity contribution in [1.29, 1.82) is 0 Å². The molecule has 1 atom stereocenters. The summed E-state index contributed by atoms with van der Waals surface area (Å²) >= 11 is 0. The first-order chi connectivity index (χ1) is 17.2. The fourth-order valence-electron chi connectivity index (χ4n) is 3.75. The zero-order chi connectivity index (χ0) is 25.7. The molecule has 4 aromatic carbocycles. The van der Waals surface area contributed by atoms with Gasteiger partial charge in [-0.1, -0.05) is 60.7 Å². The predicted molar refractivity (Wildman–Crippen MR) is 129 cm³/mol. The van der Waals surface area contributed by atoms with Gasteiger partial charge in [-0.2, -0.15) is 13.2 Å². The van der Waals surface area contributed by atoms with Gasteiger partial charge in [0.05, 0.1) is 5.56 Å². The Labute approximate surface area is 205 Å². The summed E-state index contributed by atoms with van der Waals surface area (Å²) in [5, 5.41) is 13.5. The van der Waals surface area contributed by atoms with Crippen molar-refractivity contribution in [3.8, 4) is 5.75 Å². The molecule has 0 radical (unpaired) electrons. The molecule has 2 N–H and O–H groups in total. The van der Waals surface area contributed by atoms with Gasteiger partial charge in [0, 0.05) is 12.0 Å². The van der Waals surface area contributed by atoms with Crippen LogP contribution in [-0.4, -0.2) is 23.0 Å². The molecule has 0 heterocycles. The van der Waals surface area contributed by atoms with E-state index in [4.69, 9.17) is 4.74 Å². The number of rotatable bonds is 8. The number of hydrogen-bond acceptors (Lipinski definition) is 3. The van der Waals surface area contributed by atoms with Gasteiger partial charge < -0.3 is 15.2 Å². The Morgan fingerprint density at radius 1 is 0.833 bits per heavy atom. The molecule has 0 aromatic heterocycles. The summed E-state index contributed by atoms with van der Waals surface area (Å²) in [7, 11) is 0. The van der Waals surface area contributed by atoms with Crippen LogP contribution in [0.4, 0.5) is 13.2 Å². The van der Waals surface area contributed by atoms with Gasteiger partial charge in [-0.3, -0.25) is 4.79 Å². The Morgan fingerprint density at radius 2 is 1.53 bits per heavy atom. The smallest absolute Gasteiger partial charge is 0.416 e. The third-order valence-electron chi connectivity index (χ3n) is 5.62. The van der Waals surface area contributed by atoms with E-state index in [2.05, 4.69) is 5.32 Å². The molecule has 0 bridgehead atoms. The highest BCUT2D eigenvalue weighted by atomic mass is 19.4. The highest BCUT2D eigenvalue weighted by Gasteiger charge is 2.31. The molecule has 0 aliphatic rings. The molecule has 184 valence electrons. The Bertz CT molecular complexity index is 1390. The van der Waals surface area contributed by atoms with Crippen molar-refractivity contribution in [2.24, 2.45) is 0 Å². The number of fused-ring (bicyclic) bond motifs is 1. The number of halogens is 3. The first kappa shape index (κ1) is 24.8. The summed E-state index contributed by atoms with van der Waals surface area (Å²) < 4.78 is 44.8. The number of benzene rings is 4. The number of aliphatic carboxylic acids is 1. The molecule has 8 heteroatoms. The minimum absolute atomic E-state index is 0.152. The number of carbonyl (C=O) groups is 2. The third-order valence-corrected chi connectivity index (χ3v) is 5.62. The summed E-state index contributed by atoms with van der Waals surface area (Å²) in [6.07, 6.45) is -4.84. The fourth-order valence-corrected chi connectivity index (χ4v) is 3.75. The highest BCUT2D eigenvalue weighted by molar-refractivity contribution is 6.00. The van der Waals surface area contributed by atoms with E-state index < -0.39 is 29.7 Å². The number of ether oxygens (including phenoxy) is 1. The van der Waals surface area contributed by atoms with Gasteiger partial charge in [0.2, 0.25) is 0 Å². The van der Waals surface area contributed by atoms with Crippen LogP contribution in [0.1, 0.15) is 27.0 Å². The lowest BCUT2D eigenvalue weighted by atomic mass is 10.0. The Morgan fingerprint density at radius 3 is 2.25 bits per heavy atom. The number of alkyl halides is 3. The van der Waals surface area contributed by atoms with Crippen LogP contribution in [0.2, 0.25) is 0 Å². The number of nitrogens with one attached hydrogen (secondary N) is 1. The average Bonchev–Trinajstić information content (AvgIpc) is 2.87. The van der Waals surface area contributed by atoms with E-state index in [0.717, 1.165) is 28.5 Å². The summed E-state index contributed by atoms with van der Waals surface area (Å²) in [5.41, 5.74) is 0.537. The van der Waals surface area contributed by atoms with Crippen LogP contribution in [0.15, 0.2) is 91.0 Å². The quantitative estimate of drug-likeness (QED) is 0.322. The van der Waals surface area contributed by atoms with E-state index in [0.29, 0.717) is 12.4 Å². The minimum Gasteiger partial charge on any atom is -0.489 e. The van der Waals surface area contributed by atoms with Crippen LogP contribution < -0.4 is 10.1 Å². The van der Waals surface area contributed by atoms with E-state index in [1.165, 1.54) is 12.1 Å². The van der Waals surface area contributed by atoms with Crippen LogP contribution in [0.3, 0.4) is 0 Å². The van der Waals surface area contributed by atoms with E-state index in [9.17, 15) is 27.9 Å². The van der Waals surface area contributed by atoms with Crippen molar-refractivity contribution in [2.75, 3.05) is 0 Å². The summed E-state index contributed by atoms with van der Waals surface area (Å²) in [4.78, 5) is 24.5. The van der Waals surface area contributed by atoms with E-state index in [1.54, 1.807) is 30.3 Å². The van der Waals surface area contributed by atoms with Crippen LogP contribution in [0, 0.1) is 0 Å². The molecule has 0 saturated carbocycles. The average molecular weight is 493 g/mol. The maximum absolute atomic E-state index is 13.0. The summed E-state index contributed by atoms with van der Waals surface area (Å²) in [6, 6.07) is 23.0. The third kappa shape index (κ3) is 6.21. The van der Waals surface area contributed by atoms with Crippen molar-refractivity contribution in [2.45, 2.75) is 25.2 Å². The van der Waals surface area contributed by atoms with Crippen molar-refractivity contribution in [3.63, 3.8) is 0 Å². The first-order valence-electron chi connectivity index (χ1n) is 11.1. The van der Waals surface area contributed by atoms with Gasteiger partial charge in [-0.25, -0.2) is 4.79 Å². The molecule has 1 unspecified atom stereocenters. The Hall–Kier alpha value is -4.33. The van der Waals surface area contributed by atoms with E-state index in [1.807, 2.05) is 36.4 Å². The lowest BCUT2D eigenvalue weighted by Gasteiger charge is -2.16. The Balaban J connectivity index is 1.45. The molecule has 0 fully saturated rings. The lowest BCUT2D eigenvalue weighted by Crippen LogP contribution is -2.42. The standard InChI is InChI=1S/C28H22F3NO4/c29-28(30,31)23-8-4-7-19(13-23)14-25(27(34)35)32-26(33)22-10-9-21-16-24(12-11-20(21)15-22)36-17-18-5-2-1-3-6-18/h1-13,15-16,25H,14,17H2,(H,32,33)(H,34,35). The van der Waals surface area contributed by atoms with Crippen molar-refractivity contribution >= 4 is 22.6 Å². The van der Waals surface area contributed by atoms with Crippen molar-refractivity contribution in [3.05, 3.63) is 113 Å². The molecule has 0 aliphatic heterocycles. The first-order valence-corrected chi connectivity index (χ1v) is 11.1. The normalized spacial score (nSPS) is 12.2. The number of carboxylic acid groups (broad SMARTS) is 1. The van der Waals surface area contributed by atoms with Gasteiger partial charge in [-0.05, 0) is 52.2 Å². The molecule has 4 aromatic rings. The number of hydrogen-bond donors (Lipinski definition) is 2. The van der Waals surface area contributed by atoms with Gasteiger partial charge >= 0.3 is 12.1 Å². The zero-order valence-corrected chi connectivity index (χ0v) is 19.0. The Kier molecular flexibility index (Phi) is 7.24. The molecule has 0 saturated heterocycles. The molecule has 4 rings (SSSR count). The fraction of sp³-hybridized carbons (Fsp3) is 0.143. The number of carboxylic acids is 1. The minimum atomic E-state index is -4.55. The van der Waals surface area contributed by atoms with Crippen molar-refractivity contribution < 1.29 is 32.6 Å². The van der Waals surface area contributed by atoms with E-state index in [-0.39, 0.29) is 17.5 Å². The maximum Gasteiger partial charge on any atom is 0.416 e. The molecular weight excluding hydrogens is 471 g/mol. The monoisotopic (exact) mass is 493 g/mol. The van der Waals surface area contributed by atoms with Crippen LogP contribution in [-0.2, 0) is 24.0 Å². The summed E-state index contributed by atoms with van der Waals surface area (Å²) in [5.74, 6) is -1.32. The SMILES string of the molecule is O=C(NC(Cc1cccc(C(F)(F)F)c1)C(=O)O)c1ccc2cc(OCc3ccccc3)ccc2c1. The van der Waals surface area contributed by atoms with Gasteiger partial charge in [-0.15, -0.1) is 0 Å². The molecule has 36 heavy (non-hydrogen) atoms. The molecular formula is C28H22F3NO4. The molecule has 0 aliphatic carbocycles. The highest BCUT2D eigenvalue weighted by Crippen LogP contribution is 2.30. The van der Waals surface area contributed by atoms with Crippen molar-refractivity contribution in [1.82, 2.24) is 5.32 Å². The molecule has 1 amide bonds. The van der Waals surface area contributed by atoms with Crippen LogP contribution >= 0.6 is 0 Å². The van der Waals surface area contributed by atoms with Crippen LogP contribution in [0.25, 0.3) is 10.8 Å². The predicted octanol–water partition coefficient (Wildman–Crippen LogP) is 5.86.